The molecule has 0 aromatic rings. The molecule has 0 aliphatic heterocycles. The molecule has 1 aliphatic carbocycles. The number of rotatable bonds is 1. The molecule has 0 saturated carbocycles. The van der Waals surface area contributed by atoms with Gasteiger partial charge in [0.05, 0.1) is 6.26 Å². The van der Waals surface area contributed by atoms with Crippen molar-refractivity contribution in [1.82, 2.24) is 0 Å². The molecule has 0 amide bonds. The molecule has 1 unspecified atom stereocenters. The number of aliphatic hydroxyl groups excluding tert-OH is 1. The molecule has 60 valence electrons. The monoisotopic (exact) mass is 153 g/mol. The van der Waals surface area contributed by atoms with Crippen LogP contribution in [-0.2, 0) is 4.74 Å². The molecule has 11 heavy (non-hydrogen) atoms. The van der Waals surface area contributed by atoms with Gasteiger partial charge in [-0.3, -0.25) is 0 Å². The summed E-state index contributed by atoms with van der Waals surface area (Å²) in [6.07, 6.45) is 6.05. The van der Waals surface area contributed by atoms with Gasteiger partial charge in [-0.2, -0.15) is 0 Å². The Morgan fingerprint density at radius 2 is 2.45 bits per heavy atom. The van der Waals surface area contributed by atoms with Crippen molar-refractivity contribution in [2.45, 2.75) is 6.10 Å². The fraction of sp³-hybridized carbons (Fsp3) is 0.250. The van der Waals surface area contributed by atoms with Crippen LogP contribution in [0.2, 0.25) is 0 Å². The summed E-state index contributed by atoms with van der Waals surface area (Å²) in [5.41, 5.74) is 6.78. The van der Waals surface area contributed by atoms with Gasteiger partial charge in [0.25, 0.3) is 0 Å². The predicted octanol–water partition coefficient (Wildman–Crippen LogP) is 0.856. The number of ether oxygens (including phenoxy) is 1. The van der Waals surface area contributed by atoms with E-state index in [0.29, 0.717) is 11.3 Å². The highest BCUT2D eigenvalue weighted by Crippen LogP contribution is 2.15. The van der Waals surface area contributed by atoms with Crippen LogP contribution < -0.4 is 5.73 Å². The molecule has 0 saturated heterocycles. The van der Waals surface area contributed by atoms with E-state index >= 15 is 0 Å². The molecular weight excluding hydrogens is 142 g/mol. The van der Waals surface area contributed by atoms with Gasteiger partial charge < -0.3 is 15.6 Å². The Bertz CT molecular complexity index is 228. The molecule has 0 heterocycles. The third kappa shape index (κ3) is 1.62. The van der Waals surface area contributed by atoms with Crippen LogP contribution in [0.3, 0.4) is 0 Å². The maximum atomic E-state index is 8.73. The lowest BCUT2D eigenvalue weighted by atomic mass is 10.0. The number of hydrogen-bond donors (Lipinski definition) is 2. The standard InChI is InChI=1S/C8H11NO2/c1-11-8-3-2-7(9)4-6(8)5-10/h2-5,8,10H,9H2,1H3. The van der Waals surface area contributed by atoms with Crippen molar-refractivity contribution in [1.29, 1.82) is 0 Å². The first-order valence-electron chi connectivity index (χ1n) is 3.30. The van der Waals surface area contributed by atoms with E-state index in [1.54, 1.807) is 25.3 Å². The summed E-state index contributed by atoms with van der Waals surface area (Å²) in [6.45, 7) is 0. The van der Waals surface area contributed by atoms with Gasteiger partial charge in [-0.05, 0) is 18.2 Å². The van der Waals surface area contributed by atoms with Crippen molar-refractivity contribution in [3.05, 3.63) is 35.8 Å². The smallest absolute Gasteiger partial charge is 0.104 e. The number of nitrogens with two attached hydrogens (primary N) is 1. The maximum Gasteiger partial charge on any atom is 0.104 e. The van der Waals surface area contributed by atoms with Crippen molar-refractivity contribution in [2.75, 3.05) is 7.11 Å². The van der Waals surface area contributed by atoms with Crippen LogP contribution in [0.25, 0.3) is 0 Å². The molecule has 0 bridgehead atoms. The lowest BCUT2D eigenvalue weighted by Crippen LogP contribution is -2.14. The molecule has 0 radical (unpaired) electrons. The second-order valence-corrected chi connectivity index (χ2v) is 2.29. The van der Waals surface area contributed by atoms with E-state index < -0.39 is 0 Å². The first-order chi connectivity index (χ1) is 5.27. The van der Waals surface area contributed by atoms with Crippen molar-refractivity contribution in [2.24, 2.45) is 5.73 Å². The van der Waals surface area contributed by atoms with E-state index in [-0.39, 0.29) is 6.10 Å². The lowest BCUT2D eigenvalue weighted by Gasteiger charge is -2.15. The Kier molecular flexibility index (Phi) is 2.33. The van der Waals surface area contributed by atoms with Crippen LogP contribution in [0.1, 0.15) is 0 Å². The zero-order valence-corrected chi connectivity index (χ0v) is 6.32. The fourth-order valence-corrected chi connectivity index (χ4v) is 0.958. The lowest BCUT2D eigenvalue weighted by molar-refractivity contribution is 0.168. The van der Waals surface area contributed by atoms with Gasteiger partial charge >= 0.3 is 0 Å². The Morgan fingerprint density at radius 1 is 1.73 bits per heavy atom. The summed E-state index contributed by atoms with van der Waals surface area (Å²) < 4.78 is 5.03. The molecular formula is C8H11NO2. The summed E-state index contributed by atoms with van der Waals surface area (Å²) in [5, 5.41) is 8.73. The van der Waals surface area contributed by atoms with Crippen LogP contribution >= 0.6 is 0 Å². The third-order valence-electron chi connectivity index (χ3n) is 1.53. The van der Waals surface area contributed by atoms with Crippen LogP contribution in [0.5, 0.6) is 0 Å². The van der Waals surface area contributed by atoms with Crippen molar-refractivity contribution in [3.8, 4) is 0 Å². The van der Waals surface area contributed by atoms with E-state index in [2.05, 4.69) is 0 Å². The van der Waals surface area contributed by atoms with Gasteiger partial charge in [0.1, 0.15) is 6.10 Å². The highest BCUT2D eigenvalue weighted by atomic mass is 16.5. The Labute approximate surface area is 65.5 Å². The second kappa shape index (κ2) is 3.25. The molecule has 3 N–H and O–H groups in total. The number of hydrogen-bond acceptors (Lipinski definition) is 3. The molecule has 3 nitrogen and oxygen atoms in total. The van der Waals surface area contributed by atoms with E-state index in [1.807, 2.05) is 0 Å². The van der Waals surface area contributed by atoms with Gasteiger partial charge in [-0.1, -0.05) is 0 Å². The number of allylic oxidation sites excluding steroid dienone is 1. The van der Waals surface area contributed by atoms with Crippen molar-refractivity contribution < 1.29 is 9.84 Å². The Balaban J connectivity index is 2.84. The van der Waals surface area contributed by atoms with E-state index in [0.717, 1.165) is 6.26 Å². The van der Waals surface area contributed by atoms with Gasteiger partial charge in [0.2, 0.25) is 0 Å². The van der Waals surface area contributed by atoms with E-state index in [4.69, 9.17) is 15.6 Å². The summed E-state index contributed by atoms with van der Waals surface area (Å²) in [7, 11) is 1.58. The van der Waals surface area contributed by atoms with E-state index in [1.165, 1.54) is 0 Å². The molecule has 0 fully saturated rings. The zero-order valence-electron chi connectivity index (χ0n) is 6.32. The average molecular weight is 153 g/mol. The molecule has 0 spiro atoms. The largest absolute Gasteiger partial charge is 0.515 e. The molecule has 0 aromatic carbocycles. The molecule has 1 atom stereocenters. The Hall–Kier alpha value is -1.22. The van der Waals surface area contributed by atoms with Crippen LogP contribution in [-0.4, -0.2) is 18.3 Å². The minimum Gasteiger partial charge on any atom is -0.515 e. The normalized spacial score (nSPS) is 27.2. The number of aliphatic hydroxyl groups is 1. The first kappa shape index (κ1) is 7.88. The highest BCUT2D eigenvalue weighted by Gasteiger charge is 2.11. The van der Waals surface area contributed by atoms with Crippen molar-refractivity contribution >= 4 is 0 Å². The molecule has 1 aliphatic rings. The molecule has 0 aromatic heterocycles. The van der Waals surface area contributed by atoms with Crippen LogP contribution in [0.15, 0.2) is 35.8 Å². The summed E-state index contributed by atoms with van der Waals surface area (Å²) in [6, 6.07) is 0. The average Bonchev–Trinajstić information content (AvgIpc) is 2.04. The Morgan fingerprint density at radius 3 is 3.00 bits per heavy atom. The van der Waals surface area contributed by atoms with Crippen LogP contribution in [0.4, 0.5) is 0 Å². The number of methoxy groups -OCH3 is 1. The summed E-state index contributed by atoms with van der Waals surface area (Å²) in [5.74, 6) is 0. The topological polar surface area (TPSA) is 55.5 Å². The summed E-state index contributed by atoms with van der Waals surface area (Å²) in [4.78, 5) is 0. The minimum atomic E-state index is -0.174. The van der Waals surface area contributed by atoms with Gasteiger partial charge in [0.15, 0.2) is 0 Å². The van der Waals surface area contributed by atoms with Gasteiger partial charge in [-0.25, -0.2) is 0 Å². The minimum absolute atomic E-state index is 0.174. The predicted molar refractivity (Wildman–Crippen MR) is 42.9 cm³/mol. The SMILES string of the molecule is COC1C=CC(N)=CC1=CO. The fourth-order valence-electron chi connectivity index (χ4n) is 0.958. The molecule has 3 heteroatoms. The molecule has 1 rings (SSSR count). The van der Waals surface area contributed by atoms with Gasteiger partial charge in [-0.15, -0.1) is 0 Å². The van der Waals surface area contributed by atoms with Gasteiger partial charge in [0, 0.05) is 18.4 Å². The second-order valence-electron chi connectivity index (χ2n) is 2.29. The highest BCUT2D eigenvalue weighted by molar-refractivity contribution is 5.38. The van der Waals surface area contributed by atoms with E-state index in [9.17, 15) is 0 Å². The maximum absolute atomic E-state index is 8.73. The first-order valence-corrected chi connectivity index (χ1v) is 3.30. The zero-order chi connectivity index (χ0) is 8.27. The quantitative estimate of drug-likeness (QED) is 0.549. The van der Waals surface area contributed by atoms with Crippen molar-refractivity contribution in [3.63, 3.8) is 0 Å². The summed E-state index contributed by atoms with van der Waals surface area (Å²) >= 11 is 0. The van der Waals surface area contributed by atoms with Crippen LogP contribution in [0, 0.1) is 0 Å². The third-order valence-corrected chi connectivity index (χ3v) is 1.53.